The molecule has 0 aliphatic rings. The fourth-order valence-corrected chi connectivity index (χ4v) is 3.35. The van der Waals surface area contributed by atoms with Gasteiger partial charge in [0, 0.05) is 28.4 Å². The van der Waals surface area contributed by atoms with Crippen molar-refractivity contribution in [1.82, 2.24) is 15.5 Å². The van der Waals surface area contributed by atoms with E-state index in [1.54, 1.807) is 11.8 Å². The largest absolute Gasteiger partial charge is 0.352 e. The standard InChI is InChI=1S/C21H20ClN3OS/c1-2-12-23-21(26)17-5-3-4-15(13-17)14-27-20-11-10-19(24-25-20)16-6-8-18(22)9-7-16/h3-11,13H,2,12,14H2,1H3,(H,23,26). The van der Waals surface area contributed by atoms with Crippen molar-refractivity contribution in [2.75, 3.05) is 6.54 Å². The first-order valence-corrected chi connectivity index (χ1v) is 10.1. The van der Waals surface area contributed by atoms with Crippen molar-refractivity contribution in [1.29, 1.82) is 0 Å². The second-order valence-electron chi connectivity index (χ2n) is 6.01. The minimum absolute atomic E-state index is 0.0317. The Kier molecular flexibility index (Phi) is 6.85. The van der Waals surface area contributed by atoms with Crippen molar-refractivity contribution >= 4 is 29.3 Å². The molecule has 138 valence electrons. The number of halogens is 1. The van der Waals surface area contributed by atoms with Crippen LogP contribution in [-0.2, 0) is 5.75 Å². The second-order valence-corrected chi connectivity index (χ2v) is 7.44. The summed E-state index contributed by atoms with van der Waals surface area (Å²) in [6.07, 6.45) is 0.923. The summed E-state index contributed by atoms with van der Waals surface area (Å²) in [6.45, 7) is 2.72. The molecule has 0 saturated carbocycles. The maximum Gasteiger partial charge on any atom is 0.251 e. The molecule has 0 atom stereocenters. The molecule has 27 heavy (non-hydrogen) atoms. The predicted molar refractivity (Wildman–Crippen MR) is 111 cm³/mol. The molecule has 3 rings (SSSR count). The zero-order chi connectivity index (χ0) is 19.1. The number of carbonyl (C=O) groups excluding carboxylic acids is 1. The Balaban J connectivity index is 1.61. The fourth-order valence-electron chi connectivity index (χ4n) is 2.47. The summed E-state index contributed by atoms with van der Waals surface area (Å²) < 4.78 is 0. The van der Waals surface area contributed by atoms with Crippen molar-refractivity contribution in [3.63, 3.8) is 0 Å². The molecule has 6 heteroatoms. The van der Waals surface area contributed by atoms with Crippen LogP contribution in [-0.4, -0.2) is 22.6 Å². The summed E-state index contributed by atoms with van der Waals surface area (Å²) in [6, 6.07) is 19.1. The molecule has 4 nitrogen and oxygen atoms in total. The Labute approximate surface area is 168 Å². The molecule has 0 fully saturated rings. The lowest BCUT2D eigenvalue weighted by molar-refractivity contribution is 0.0953. The lowest BCUT2D eigenvalue weighted by Gasteiger charge is -2.06. The van der Waals surface area contributed by atoms with E-state index >= 15 is 0 Å². The van der Waals surface area contributed by atoms with Gasteiger partial charge in [0.15, 0.2) is 0 Å². The minimum atomic E-state index is -0.0317. The van der Waals surface area contributed by atoms with Gasteiger partial charge in [0.05, 0.1) is 5.69 Å². The number of hydrogen-bond donors (Lipinski definition) is 1. The number of amides is 1. The summed E-state index contributed by atoms with van der Waals surface area (Å²) in [5.74, 6) is 0.694. The number of hydrogen-bond acceptors (Lipinski definition) is 4. The van der Waals surface area contributed by atoms with Gasteiger partial charge < -0.3 is 5.32 Å². The molecule has 1 amide bonds. The normalized spacial score (nSPS) is 10.6. The van der Waals surface area contributed by atoms with E-state index in [9.17, 15) is 4.79 Å². The van der Waals surface area contributed by atoms with Crippen molar-refractivity contribution in [3.05, 3.63) is 76.8 Å². The Morgan fingerprint density at radius 3 is 2.59 bits per heavy atom. The third-order valence-corrected chi connectivity index (χ3v) is 5.13. The van der Waals surface area contributed by atoms with Gasteiger partial charge in [-0.2, -0.15) is 0 Å². The van der Waals surface area contributed by atoms with Crippen LogP contribution >= 0.6 is 23.4 Å². The van der Waals surface area contributed by atoms with Crippen LogP contribution in [0, 0.1) is 0 Å². The molecule has 2 aromatic carbocycles. The van der Waals surface area contributed by atoms with Crippen LogP contribution in [0.3, 0.4) is 0 Å². The summed E-state index contributed by atoms with van der Waals surface area (Å²) in [7, 11) is 0. The van der Waals surface area contributed by atoms with E-state index in [1.165, 1.54) is 0 Å². The van der Waals surface area contributed by atoms with Gasteiger partial charge in [-0.1, -0.05) is 54.6 Å². The number of nitrogens with zero attached hydrogens (tertiary/aromatic N) is 2. The maximum absolute atomic E-state index is 12.1. The van der Waals surface area contributed by atoms with Gasteiger partial charge in [-0.3, -0.25) is 4.79 Å². The highest BCUT2D eigenvalue weighted by atomic mass is 35.5. The molecule has 0 aliphatic carbocycles. The van der Waals surface area contributed by atoms with Crippen molar-refractivity contribution in [2.24, 2.45) is 0 Å². The molecule has 0 spiro atoms. The van der Waals surface area contributed by atoms with E-state index in [0.717, 1.165) is 34.0 Å². The first-order chi connectivity index (χ1) is 13.2. The van der Waals surface area contributed by atoms with Gasteiger partial charge in [-0.05, 0) is 48.4 Å². The summed E-state index contributed by atoms with van der Waals surface area (Å²) in [4.78, 5) is 12.1. The summed E-state index contributed by atoms with van der Waals surface area (Å²) in [5.41, 5.74) is 3.55. The molecular formula is C21H20ClN3OS. The number of aromatic nitrogens is 2. The van der Waals surface area contributed by atoms with Crippen molar-refractivity contribution in [3.8, 4) is 11.3 Å². The van der Waals surface area contributed by atoms with Crippen LogP contribution < -0.4 is 5.32 Å². The third-order valence-electron chi connectivity index (χ3n) is 3.89. The van der Waals surface area contributed by atoms with Crippen LogP contribution in [0.25, 0.3) is 11.3 Å². The van der Waals surface area contributed by atoms with Gasteiger partial charge in [-0.15, -0.1) is 10.2 Å². The van der Waals surface area contributed by atoms with E-state index in [1.807, 2.05) is 67.6 Å². The van der Waals surface area contributed by atoms with E-state index < -0.39 is 0 Å². The van der Waals surface area contributed by atoms with E-state index in [4.69, 9.17) is 11.6 Å². The average Bonchev–Trinajstić information content (AvgIpc) is 2.72. The van der Waals surface area contributed by atoms with Gasteiger partial charge in [-0.25, -0.2) is 0 Å². The number of nitrogens with one attached hydrogen (secondary N) is 1. The molecule has 3 aromatic rings. The first-order valence-electron chi connectivity index (χ1n) is 8.75. The smallest absolute Gasteiger partial charge is 0.251 e. The average molecular weight is 398 g/mol. The van der Waals surface area contributed by atoms with E-state index in [0.29, 0.717) is 17.1 Å². The topological polar surface area (TPSA) is 54.9 Å². The second kappa shape index (κ2) is 9.53. The monoisotopic (exact) mass is 397 g/mol. The maximum atomic E-state index is 12.1. The van der Waals surface area contributed by atoms with Gasteiger partial charge >= 0.3 is 0 Å². The SMILES string of the molecule is CCCNC(=O)c1cccc(CSc2ccc(-c3ccc(Cl)cc3)nn2)c1. The Morgan fingerprint density at radius 2 is 1.89 bits per heavy atom. The van der Waals surface area contributed by atoms with E-state index in [2.05, 4.69) is 15.5 Å². The molecule has 0 unspecified atom stereocenters. The first kappa shape index (κ1) is 19.4. The molecule has 1 heterocycles. The number of benzene rings is 2. The quantitative estimate of drug-likeness (QED) is 0.554. The highest BCUT2D eigenvalue weighted by Crippen LogP contribution is 2.24. The van der Waals surface area contributed by atoms with Crippen LogP contribution in [0.4, 0.5) is 0 Å². The van der Waals surface area contributed by atoms with E-state index in [-0.39, 0.29) is 5.91 Å². The van der Waals surface area contributed by atoms with Gasteiger partial charge in [0.1, 0.15) is 5.03 Å². The zero-order valence-electron chi connectivity index (χ0n) is 15.0. The Bertz CT molecular complexity index is 898. The molecule has 1 N–H and O–H groups in total. The summed E-state index contributed by atoms with van der Waals surface area (Å²) in [5, 5.41) is 13.0. The zero-order valence-corrected chi connectivity index (χ0v) is 16.6. The highest BCUT2D eigenvalue weighted by Gasteiger charge is 2.07. The lowest BCUT2D eigenvalue weighted by atomic mass is 10.1. The molecule has 0 saturated heterocycles. The van der Waals surface area contributed by atoms with Crippen LogP contribution in [0.2, 0.25) is 5.02 Å². The lowest BCUT2D eigenvalue weighted by Crippen LogP contribution is -2.23. The van der Waals surface area contributed by atoms with Crippen LogP contribution in [0.5, 0.6) is 0 Å². The Morgan fingerprint density at radius 1 is 1.07 bits per heavy atom. The minimum Gasteiger partial charge on any atom is -0.352 e. The van der Waals surface area contributed by atoms with Gasteiger partial charge in [0.2, 0.25) is 0 Å². The fraction of sp³-hybridized carbons (Fsp3) is 0.190. The number of carbonyl (C=O) groups is 1. The van der Waals surface area contributed by atoms with Crippen molar-refractivity contribution < 1.29 is 4.79 Å². The van der Waals surface area contributed by atoms with Crippen LogP contribution in [0.1, 0.15) is 29.3 Å². The summed E-state index contributed by atoms with van der Waals surface area (Å²) >= 11 is 7.51. The Hall–Kier alpha value is -2.37. The molecule has 1 aromatic heterocycles. The van der Waals surface area contributed by atoms with Crippen molar-refractivity contribution in [2.45, 2.75) is 24.1 Å². The van der Waals surface area contributed by atoms with Crippen LogP contribution in [0.15, 0.2) is 65.7 Å². The molecule has 0 radical (unpaired) electrons. The predicted octanol–water partition coefficient (Wildman–Crippen LogP) is 5.23. The van der Waals surface area contributed by atoms with Gasteiger partial charge in [0.25, 0.3) is 5.91 Å². The third kappa shape index (κ3) is 5.55. The number of thioether (sulfide) groups is 1. The molecule has 0 bridgehead atoms. The molecular weight excluding hydrogens is 378 g/mol. The highest BCUT2D eigenvalue weighted by molar-refractivity contribution is 7.98. The molecule has 0 aliphatic heterocycles. The number of rotatable bonds is 7.